The topological polar surface area (TPSA) is 99.2 Å². The number of hydrogen-bond acceptors (Lipinski definition) is 5. The van der Waals surface area contributed by atoms with Crippen LogP contribution in [0.2, 0.25) is 0 Å². The fourth-order valence-corrected chi connectivity index (χ4v) is 2.71. The fourth-order valence-electron chi connectivity index (χ4n) is 2.71. The van der Waals surface area contributed by atoms with Gasteiger partial charge in [0.25, 0.3) is 5.56 Å². The standard InChI is InChI=1S/C16H18N4O3/c1-10-2-4-11(5-3-10)13-14(21)17-16(19-18-13)20-8-6-12(7-9-20)15(22)23/h2-5,12H,6-9H2,1H3,(H,22,23)(H,17,19,21). The molecule has 7 nitrogen and oxygen atoms in total. The van der Waals surface area contributed by atoms with Crippen molar-refractivity contribution in [2.75, 3.05) is 18.0 Å². The zero-order chi connectivity index (χ0) is 16.4. The first-order valence-corrected chi connectivity index (χ1v) is 7.56. The van der Waals surface area contributed by atoms with Crippen LogP contribution in [-0.4, -0.2) is 39.3 Å². The SMILES string of the molecule is Cc1ccc(-c2nnc(N3CCC(C(=O)O)CC3)[nH]c2=O)cc1. The molecule has 1 saturated heterocycles. The predicted molar refractivity (Wildman–Crippen MR) is 85.4 cm³/mol. The molecular weight excluding hydrogens is 296 g/mol. The van der Waals surface area contributed by atoms with Crippen molar-refractivity contribution in [2.24, 2.45) is 5.92 Å². The van der Waals surface area contributed by atoms with Crippen molar-refractivity contribution in [1.29, 1.82) is 0 Å². The summed E-state index contributed by atoms with van der Waals surface area (Å²) in [5.41, 5.74) is 1.82. The summed E-state index contributed by atoms with van der Waals surface area (Å²) >= 11 is 0. The van der Waals surface area contributed by atoms with Crippen LogP contribution in [0.15, 0.2) is 29.1 Å². The summed E-state index contributed by atoms with van der Waals surface area (Å²) in [6.07, 6.45) is 1.08. The maximum atomic E-state index is 12.3. The number of nitrogens with zero attached hydrogens (tertiary/aromatic N) is 3. The van der Waals surface area contributed by atoms with Crippen molar-refractivity contribution in [3.63, 3.8) is 0 Å². The van der Waals surface area contributed by atoms with Crippen LogP contribution in [-0.2, 0) is 4.79 Å². The summed E-state index contributed by atoms with van der Waals surface area (Å²) in [6, 6.07) is 7.52. The van der Waals surface area contributed by atoms with Crippen molar-refractivity contribution in [1.82, 2.24) is 15.2 Å². The number of benzene rings is 1. The monoisotopic (exact) mass is 314 g/mol. The molecule has 3 rings (SSSR count). The number of nitrogens with one attached hydrogen (secondary N) is 1. The molecule has 0 atom stereocenters. The van der Waals surface area contributed by atoms with Gasteiger partial charge in [0.2, 0.25) is 5.95 Å². The van der Waals surface area contributed by atoms with Gasteiger partial charge in [-0.05, 0) is 19.8 Å². The average Bonchev–Trinajstić information content (AvgIpc) is 2.56. The molecule has 2 heterocycles. The summed E-state index contributed by atoms with van der Waals surface area (Å²) < 4.78 is 0. The highest BCUT2D eigenvalue weighted by Crippen LogP contribution is 2.20. The molecular formula is C16H18N4O3. The van der Waals surface area contributed by atoms with Gasteiger partial charge in [-0.1, -0.05) is 29.8 Å². The summed E-state index contributed by atoms with van der Waals surface area (Å²) in [5, 5.41) is 17.2. The molecule has 0 spiro atoms. The number of aromatic amines is 1. The highest BCUT2D eigenvalue weighted by atomic mass is 16.4. The van der Waals surface area contributed by atoms with E-state index in [4.69, 9.17) is 5.11 Å². The first kappa shape index (κ1) is 15.2. The van der Waals surface area contributed by atoms with E-state index in [2.05, 4.69) is 15.2 Å². The van der Waals surface area contributed by atoms with Gasteiger partial charge in [-0.3, -0.25) is 14.6 Å². The van der Waals surface area contributed by atoms with Crippen LogP contribution >= 0.6 is 0 Å². The fraction of sp³-hybridized carbons (Fsp3) is 0.375. The first-order valence-electron chi connectivity index (χ1n) is 7.56. The number of carboxylic acid groups (broad SMARTS) is 1. The molecule has 0 amide bonds. The zero-order valence-electron chi connectivity index (χ0n) is 12.8. The van der Waals surface area contributed by atoms with Gasteiger partial charge in [-0.15, -0.1) is 10.2 Å². The third-order valence-electron chi connectivity index (χ3n) is 4.15. The molecule has 1 aromatic heterocycles. The minimum absolute atomic E-state index is 0.286. The molecule has 0 radical (unpaired) electrons. The number of carboxylic acids is 1. The second-order valence-corrected chi connectivity index (χ2v) is 5.79. The lowest BCUT2D eigenvalue weighted by Crippen LogP contribution is -2.38. The second-order valence-electron chi connectivity index (χ2n) is 5.79. The summed E-state index contributed by atoms with van der Waals surface area (Å²) in [4.78, 5) is 27.9. The second kappa shape index (κ2) is 6.20. The van der Waals surface area contributed by atoms with Gasteiger partial charge >= 0.3 is 5.97 Å². The van der Waals surface area contributed by atoms with E-state index in [9.17, 15) is 9.59 Å². The Bertz CT molecular complexity index is 762. The molecule has 2 aromatic rings. The molecule has 0 aliphatic carbocycles. The largest absolute Gasteiger partial charge is 0.481 e. The minimum Gasteiger partial charge on any atom is -0.481 e. The summed E-state index contributed by atoms with van der Waals surface area (Å²) in [6.45, 7) is 3.07. The van der Waals surface area contributed by atoms with E-state index in [0.717, 1.165) is 11.1 Å². The Morgan fingerprint density at radius 1 is 1.22 bits per heavy atom. The van der Waals surface area contributed by atoms with Gasteiger partial charge in [0.1, 0.15) is 0 Å². The number of carbonyl (C=O) groups is 1. The quantitative estimate of drug-likeness (QED) is 0.889. The van der Waals surface area contributed by atoms with Crippen LogP contribution in [0.4, 0.5) is 5.95 Å². The number of aromatic nitrogens is 3. The van der Waals surface area contributed by atoms with Crippen molar-refractivity contribution >= 4 is 11.9 Å². The molecule has 0 bridgehead atoms. The molecule has 1 aliphatic rings. The highest BCUT2D eigenvalue weighted by molar-refractivity contribution is 5.70. The molecule has 1 aliphatic heterocycles. The lowest BCUT2D eigenvalue weighted by Gasteiger charge is -2.29. The van der Waals surface area contributed by atoms with Gasteiger partial charge in [0.05, 0.1) is 5.92 Å². The van der Waals surface area contributed by atoms with E-state index in [1.54, 1.807) is 0 Å². The molecule has 0 saturated carbocycles. The third kappa shape index (κ3) is 3.23. The van der Waals surface area contributed by atoms with Gasteiger partial charge in [0.15, 0.2) is 5.69 Å². The Kier molecular flexibility index (Phi) is 4.10. The van der Waals surface area contributed by atoms with E-state index in [-0.39, 0.29) is 17.2 Å². The molecule has 7 heteroatoms. The number of anilines is 1. The molecule has 23 heavy (non-hydrogen) atoms. The Labute approximate surface area is 133 Å². The number of aliphatic carboxylic acids is 1. The number of H-pyrrole nitrogens is 1. The van der Waals surface area contributed by atoms with Crippen LogP contribution in [0, 0.1) is 12.8 Å². The van der Waals surface area contributed by atoms with Crippen LogP contribution in [0.25, 0.3) is 11.3 Å². The Morgan fingerprint density at radius 2 is 1.87 bits per heavy atom. The number of piperidine rings is 1. The van der Waals surface area contributed by atoms with E-state index in [1.165, 1.54) is 0 Å². The average molecular weight is 314 g/mol. The van der Waals surface area contributed by atoms with Crippen LogP contribution in [0.1, 0.15) is 18.4 Å². The van der Waals surface area contributed by atoms with Crippen molar-refractivity contribution < 1.29 is 9.90 Å². The van der Waals surface area contributed by atoms with Gasteiger partial charge < -0.3 is 10.0 Å². The number of aryl methyl sites for hydroxylation is 1. The van der Waals surface area contributed by atoms with Gasteiger partial charge in [0, 0.05) is 18.7 Å². The Balaban J connectivity index is 1.79. The molecule has 0 unspecified atom stereocenters. The number of rotatable bonds is 3. The molecule has 1 fully saturated rings. The number of hydrogen-bond donors (Lipinski definition) is 2. The lowest BCUT2D eigenvalue weighted by atomic mass is 9.97. The van der Waals surface area contributed by atoms with Gasteiger partial charge in [-0.2, -0.15) is 0 Å². The Hall–Kier alpha value is -2.70. The van der Waals surface area contributed by atoms with Crippen molar-refractivity contribution in [3.8, 4) is 11.3 Å². The molecule has 2 N–H and O–H groups in total. The maximum Gasteiger partial charge on any atom is 0.306 e. The normalized spacial score (nSPS) is 15.6. The third-order valence-corrected chi connectivity index (χ3v) is 4.15. The zero-order valence-corrected chi connectivity index (χ0v) is 12.8. The maximum absolute atomic E-state index is 12.3. The lowest BCUT2D eigenvalue weighted by molar-refractivity contribution is -0.142. The first-order chi connectivity index (χ1) is 11.0. The van der Waals surface area contributed by atoms with Crippen LogP contribution in [0.3, 0.4) is 0 Å². The summed E-state index contributed by atoms with van der Waals surface area (Å²) in [7, 11) is 0. The van der Waals surface area contributed by atoms with E-state index in [1.807, 2.05) is 36.1 Å². The van der Waals surface area contributed by atoms with Crippen molar-refractivity contribution in [2.45, 2.75) is 19.8 Å². The Morgan fingerprint density at radius 3 is 2.43 bits per heavy atom. The predicted octanol–water partition coefficient (Wildman–Crippen LogP) is 1.44. The van der Waals surface area contributed by atoms with Crippen molar-refractivity contribution in [3.05, 3.63) is 40.2 Å². The smallest absolute Gasteiger partial charge is 0.306 e. The summed E-state index contributed by atoms with van der Waals surface area (Å²) in [5.74, 6) is -0.689. The van der Waals surface area contributed by atoms with Crippen LogP contribution in [0.5, 0.6) is 0 Å². The molecule has 1 aromatic carbocycles. The van der Waals surface area contributed by atoms with Gasteiger partial charge in [-0.25, -0.2) is 0 Å². The van der Waals surface area contributed by atoms with E-state index >= 15 is 0 Å². The minimum atomic E-state index is -0.765. The van der Waals surface area contributed by atoms with E-state index < -0.39 is 5.97 Å². The van der Waals surface area contributed by atoms with E-state index in [0.29, 0.717) is 31.9 Å². The molecule has 120 valence electrons. The highest BCUT2D eigenvalue weighted by Gasteiger charge is 2.25. The van der Waals surface area contributed by atoms with Crippen LogP contribution < -0.4 is 10.5 Å².